The summed E-state index contributed by atoms with van der Waals surface area (Å²) in [5.74, 6) is 2.59. The number of rotatable bonds is 7. The molecule has 2 heteroatoms. The second-order valence-corrected chi connectivity index (χ2v) is 6.05. The van der Waals surface area contributed by atoms with Crippen molar-refractivity contribution in [3.05, 3.63) is 35.9 Å². The van der Waals surface area contributed by atoms with Gasteiger partial charge in [0.15, 0.2) is 0 Å². The van der Waals surface area contributed by atoms with Gasteiger partial charge >= 0.3 is 0 Å². The van der Waals surface area contributed by atoms with Crippen LogP contribution in [-0.2, 0) is 4.79 Å². The fourth-order valence-electron chi connectivity index (χ4n) is 3.13. The van der Waals surface area contributed by atoms with Gasteiger partial charge in [0, 0.05) is 0 Å². The molecule has 1 fully saturated rings. The van der Waals surface area contributed by atoms with Crippen LogP contribution >= 0.6 is 0 Å². The molecule has 0 spiro atoms. The van der Waals surface area contributed by atoms with E-state index in [-0.39, 0.29) is 0 Å². The van der Waals surface area contributed by atoms with Crippen molar-refractivity contribution in [3.8, 4) is 5.75 Å². The van der Waals surface area contributed by atoms with Crippen LogP contribution in [0.3, 0.4) is 0 Å². The molecule has 2 nitrogen and oxygen atoms in total. The molecule has 0 saturated heterocycles. The van der Waals surface area contributed by atoms with Gasteiger partial charge in [-0.3, -0.25) is 4.79 Å². The van der Waals surface area contributed by atoms with E-state index in [0.717, 1.165) is 30.1 Å². The van der Waals surface area contributed by atoms with Crippen LogP contribution in [-0.4, -0.2) is 12.9 Å². The molecule has 1 saturated carbocycles. The van der Waals surface area contributed by atoms with Crippen molar-refractivity contribution in [1.29, 1.82) is 0 Å². The summed E-state index contributed by atoms with van der Waals surface area (Å²) in [6.45, 7) is 3.12. The maximum Gasteiger partial charge on any atom is 0.142 e. The first-order chi connectivity index (χ1) is 10.3. The average Bonchev–Trinajstić information content (AvgIpc) is 2.53. The Bertz CT molecular complexity index is 439. The van der Waals surface area contributed by atoms with E-state index in [9.17, 15) is 4.79 Å². The van der Waals surface area contributed by atoms with Crippen LogP contribution in [0.4, 0.5) is 0 Å². The van der Waals surface area contributed by atoms with E-state index in [2.05, 4.69) is 6.92 Å². The lowest BCUT2D eigenvalue weighted by Crippen LogP contribution is -2.20. The van der Waals surface area contributed by atoms with E-state index >= 15 is 0 Å². The van der Waals surface area contributed by atoms with E-state index in [4.69, 9.17) is 4.74 Å². The van der Waals surface area contributed by atoms with Gasteiger partial charge in [0.1, 0.15) is 12.0 Å². The van der Waals surface area contributed by atoms with Crippen molar-refractivity contribution in [2.24, 2.45) is 11.8 Å². The summed E-state index contributed by atoms with van der Waals surface area (Å²) in [6.07, 6.45) is 12.2. The first-order valence-electron chi connectivity index (χ1n) is 8.16. The number of hydrogen-bond donors (Lipinski definition) is 0. The highest BCUT2D eigenvalue weighted by Gasteiger charge is 2.20. The van der Waals surface area contributed by atoms with Gasteiger partial charge in [0.05, 0.1) is 6.61 Å². The maximum absolute atomic E-state index is 10.3. The van der Waals surface area contributed by atoms with Crippen molar-refractivity contribution in [2.45, 2.75) is 45.4 Å². The number of ether oxygens (including phenoxy) is 1. The third-order valence-corrected chi connectivity index (χ3v) is 4.40. The predicted octanol–water partition coefficient (Wildman–Crippen LogP) is 4.88. The minimum absolute atomic E-state index is 0.716. The van der Waals surface area contributed by atoms with Gasteiger partial charge in [0.2, 0.25) is 0 Å². The molecule has 0 atom stereocenters. The van der Waals surface area contributed by atoms with Crippen molar-refractivity contribution in [3.63, 3.8) is 0 Å². The molecule has 21 heavy (non-hydrogen) atoms. The Morgan fingerprint density at radius 3 is 2.38 bits per heavy atom. The zero-order chi connectivity index (χ0) is 14.9. The molecule has 0 N–H and O–H groups in total. The second kappa shape index (κ2) is 8.66. The van der Waals surface area contributed by atoms with E-state index in [0.29, 0.717) is 5.92 Å². The Balaban J connectivity index is 1.73. The number of aldehydes is 1. The smallest absolute Gasteiger partial charge is 0.142 e. The molecule has 0 unspecified atom stereocenters. The molecule has 0 heterocycles. The molecule has 114 valence electrons. The third-order valence-electron chi connectivity index (χ3n) is 4.40. The molecule has 1 aliphatic rings. The lowest BCUT2D eigenvalue weighted by atomic mass is 9.80. The van der Waals surface area contributed by atoms with Crippen LogP contribution in [0.2, 0.25) is 0 Å². The molecule has 2 rings (SSSR count). The van der Waals surface area contributed by atoms with Gasteiger partial charge in [-0.25, -0.2) is 0 Å². The lowest BCUT2D eigenvalue weighted by Gasteiger charge is -2.28. The number of carbonyl (C=O) groups is 1. The zero-order valence-electron chi connectivity index (χ0n) is 13.0. The number of benzene rings is 1. The van der Waals surface area contributed by atoms with Gasteiger partial charge < -0.3 is 4.74 Å². The highest BCUT2D eigenvalue weighted by molar-refractivity contribution is 5.73. The van der Waals surface area contributed by atoms with Crippen molar-refractivity contribution in [1.82, 2.24) is 0 Å². The SMILES string of the molecule is CCCC1CCC(COc2ccc(/C=C/C=O)cc2)CC1. The Morgan fingerprint density at radius 1 is 1.10 bits per heavy atom. The topological polar surface area (TPSA) is 26.3 Å². The molecule has 0 radical (unpaired) electrons. The molecule has 0 aromatic heterocycles. The Hall–Kier alpha value is -1.57. The fourth-order valence-corrected chi connectivity index (χ4v) is 3.13. The monoisotopic (exact) mass is 286 g/mol. The minimum atomic E-state index is 0.716. The first-order valence-corrected chi connectivity index (χ1v) is 8.16. The fraction of sp³-hybridized carbons (Fsp3) is 0.526. The van der Waals surface area contributed by atoms with Gasteiger partial charge in [-0.2, -0.15) is 0 Å². The van der Waals surface area contributed by atoms with E-state index < -0.39 is 0 Å². The molecular formula is C19H26O2. The van der Waals surface area contributed by atoms with Gasteiger partial charge in [-0.05, 0) is 48.4 Å². The van der Waals surface area contributed by atoms with E-state index in [1.807, 2.05) is 24.3 Å². The number of carbonyl (C=O) groups excluding carboxylic acids is 1. The molecule has 1 aromatic carbocycles. The molecular weight excluding hydrogens is 260 g/mol. The second-order valence-electron chi connectivity index (χ2n) is 6.05. The summed E-state index contributed by atoms with van der Waals surface area (Å²) < 4.78 is 5.91. The summed E-state index contributed by atoms with van der Waals surface area (Å²) in [5, 5.41) is 0. The largest absolute Gasteiger partial charge is 0.493 e. The summed E-state index contributed by atoms with van der Waals surface area (Å²) in [4.78, 5) is 10.3. The van der Waals surface area contributed by atoms with Gasteiger partial charge in [-0.15, -0.1) is 0 Å². The normalized spacial score (nSPS) is 22.3. The standard InChI is InChI=1S/C19H26O2/c1-2-4-16-6-8-18(9-7-16)15-21-19-12-10-17(11-13-19)5-3-14-20/h3,5,10-14,16,18H,2,4,6-9,15H2,1H3/b5-3+. The lowest BCUT2D eigenvalue weighted by molar-refractivity contribution is -0.104. The number of allylic oxidation sites excluding steroid dienone is 1. The minimum Gasteiger partial charge on any atom is -0.493 e. The summed E-state index contributed by atoms with van der Waals surface area (Å²) in [7, 11) is 0. The van der Waals surface area contributed by atoms with Crippen LogP contribution in [0.1, 0.15) is 51.0 Å². The third kappa shape index (κ3) is 5.37. The molecule has 0 bridgehead atoms. The van der Waals surface area contributed by atoms with Crippen LogP contribution in [0.25, 0.3) is 6.08 Å². The van der Waals surface area contributed by atoms with Crippen molar-refractivity contribution >= 4 is 12.4 Å². The molecule has 1 aromatic rings. The maximum atomic E-state index is 10.3. The quantitative estimate of drug-likeness (QED) is 0.527. The van der Waals surface area contributed by atoms with Crippen LogP contribution in [0.5, 0.6) is 5.75 Å². The summed E-state index contributed by atoms with van der Waals surface area (Å²) in [6, 6.07) is 7.92. The Labute approximate surface area is 128 Å². The van der Waals surface area contributed by atoms with Crippen LogP contribution in [0.15, 0.2) is 30.3 Å². The highest BCUT2D eigenvalue weighted by Crippen LogP contribution is 2.31. The van der Waals surface area contributed by atoms with E-state index in [1.165, 1.54) is 44.6 Å². The summed E-state index contributed by atoms with van der Waals surface area (Å²) in [5.41, 5.74) is 1.02. The molecule has 1 aliphatic carbocycles. The molecule has 0 aliphatic heterocycles. The Morgan fingerprint density at radius 2 is 1.76 bits per heavy atom. The van der Waals surface area contributed by atoms with Crippen LogP contribution in [0, 0.1) is 11.8 Å². The first kappa shape index (κ1) is 15.8. The zero-order valence-corrected chi connectivity index (χ0v) is 13.0. The van der Waals surface area contributed by atoms with Crippen molar-refractivity contribution < 1.29 is 9.53 Å². The van der Waals surface area contributed by atoms with Gasteiger partial charge in [-0.1, -0.05) is 50.8 Å². The van der Waals surface area contributed by atoms with Gasteiger partial charge in [0.25, 0.3) is 0 Å². The summed E-state index contributed by atoms with van der Waals surface area (Å²) >= 11 is 0. The predicted molar refractivity (Wildman–Crippen MR) is 87.4 cm³/mol. The highest BCUT2D eigenvalue weighted by atomic mass is 16.5. The average molecular weight is 286 g/mol. The van der Waals surface area contributed by atoms with Crippen LogP contribution < -0.4 is 4.74 Å². The number of hydrogen-bond acceptors (Lipinski definition) is 2. The Kier molecular flexibility index (Phi) is 6.52. The van der Waals surface area contributed by atoms with E-state index in [1.54, 1.807) is 6.08 Å². The van der Waals surface area contributed by atoms with Crippen molar-refractivity contribution in [2.75, 3.05) is 6.61 Å². The molecule has 0 amide bonds.